The number of unbranched alkanes of at least 4 members (excludes halogenated alkanes) is 1. The molecule has 12 heavy (non-hydrogen) atoms. The van der Waals surface area contributed by atoms with Crippen molar-refractivity contribution in [3.05, 3.63) is 11.2 Å². The summed E-state index contributed by atoms with van der Waals surface area (Å²) in [7, 11) is 0. The van der Waals surface area contributed by atoms with Crippen LogP contribution in [0, 0.1) is 0 Å². The molecule has 0 saturated carbocycles. The molecule has 0 aliphatic carbocycles. The molecule has 2 nitrogen and oxygen atoms in total. The highest BCUT2D eigenvalue weighted by Gasteiger charge is 2.05. The molecule has 1 aromatic rings. The number of hydrogen-bond donors (Lipinski definition) is 0. The summed E-state index contributed by atoms with van der Waals surface area (Å²) in [5, 5.41) is 1.01. The Balaban J connectivity index is 2.51. The Hall–Kier alpha value is -0.570. The molecule has 68 valence electrons. The number of ether oxygens (including phenoxy) is 1. The first-order chi connectivity index (χ1) is 5.88. The Morgan fingerprint density at radius 2 is 2.33 bits per heavy atom. The minimum atomic E-state index is 0.737. The number of rotatable bonds is 5. The van der Waals surface area contributed by atoms with Crippen LogP contribution >= 0.6 is 11.3 Å². The Morgan fingerprint density at radius 1 is 1.50 bits per heavy atom. The Kier molecular flexibility index (Phi) is 4.08. The number of hydrogen-bond acceptors (Lipinski definition) is 3. The second kappa shape index (κ2) is 5.14. The quantitative estimate of drug-likeness (QED) is 0.703. The van der Waals surface area contributed by atoms with Crippen molar-refractivity contribution in [3.8, 4) is 5.06 Å². The summed E-state index contributed by atoms with van der Waals surface area (Å²) in [5.41, 5.74) is 2.99. The fourth-order valence-electron chi connectivity index (χ4n) is 1.02. The SMILES string of the molecule is CCCCc1ncsc1OCC. The normalized spacial score (nSPS) is 10.2. The van der Waals surface area contributed by atoms with Crippen molar-refractivity contribution in [3.63, 3.8) is 0 Å². The zero-order valence-electron chi connectivity index (χ0n) is 7.67. The molecule has 1 aromatic heterocycles. The van der Waals surface area contributed by atoms with Crippen molar-refractivity contribution < 1.29 is 4.74 Å². The van der Waals surface area contributed by atoms with Crippen LogP contribution in [0.4, 0.5) is 0 Å². The van der Waals surface area contributed by atoms with Crippen LogP contribution in [0.5, 0.6) is 5.06 Å². The average Bonchev–Trinajstić information content (AvgIpc) is 2.50. The van der Waals surface area contributed by atoms with Gasteiger partial charge < -0.3 is 4.74 Å². The largest absolute Gasteiger partial charge is 0.483 e. The topological polar surface area (TPSA) is 22.1 Å². The van der Waals surface area contributed by atoms with Crippen molar-refractivity contribution in [2.45, 2.75) is 33.1 Å². The highest BCUT2D eigenvalue weighted by Crippen LogP contribution is 2.24. The monoisotopic (exact) mass is 185 g/mol. The molecular weight excluding hydrogens is 170 g/mol. The number of aromatic nitrogens is 1. The Labute approximate surface area is 77.6 Å². The van der Waals surface area contributed by atoms with Crippen molar-refractivity contribution in [1.82, 2.24) is 4.98 Å². The lowest BCUT2D eigenvalue weighted by Gasteiger charge is -2.01. The smallest absolute Gasteiger partial charge is 0.197 e. The molecule has 0 bridgehead atoms. The van der Waals surface area contributed by atoms with Crippen molar-refractivity contribution in [2.24, 2.45) is 0 Å². The molecule has 1 rings (SSSR count). The first-order valence-electron chi connectivity index (χ1n) is 4.43. The summed E-state index contributed by atoms with van der Waals surface area (Å²) < 4.78 is 5.43. The Bertz CT molecular complexity index is 222. The molecule has 0 aromatic carbocycles. The predicted octanol–water partition coefficient (Wildman–Crippen LogP) is 2.88. The van der Waals surface area contributed by atoms with Gasteiger partial charge in [0.15, 0.2) is 5.06 Å². The molecule has 0 aliphatic rings. The molecule has 3 heteroatoms. The lowest BCUT2D eigenvalue weighted by Crippen LogP contribution is -1.94. The van der Waals surface area contributed by atoms with E-state index in [9.17, 15) is 0 Å². The second-order valence-electron chi connectivity index (χ2n) is 2.62. The van der Waals surface area contributed by atoms with E-state index in [0.717, 1.165) is 23.8 Å². The summed E-state index contributed by atoms with van der Waals surface area (Å²) in [6.45, 7) is 4.93. The van der Waals surface area contributed by atoms with Crippen molar-refractivity contribution in [1.29, 1.82) is 0 Å². The van der Waals surface area contributed by atoms with Gasteiger partial charge in [-0.2, -0.15) is 0 Å². The molecule has 0 unspecified atom stereocenters. The van der Waals surface area contributed by atoms with Gasteiger partial charge in [0, 0.05) is 0 Å². The van der Waals surface area contributed by atoms with Crippen LogP contribution in [0.3, 0.4) is 0 Å². The summed E-state index contributed by atoms with van der Waals surface area (Å²) in [4.78, 5) is 4.27. The molecule has 0 fully saturated rings. The lowest BCUT2D eigenvalue weighted by molar-refractivity contribution is 0.345. The maximum atomic E-state index is 5.43. The van der Waals surface area contributed by atoms with Crippen LogP contribution in [-0.4, -0.2) is 11.6 Å². The fourth-order valence-corrected chi connectivity index (χ4v) is 1.77. The highest BCUT2D eigenvalue weighted by atomic mass is 32.1. The number of aryl methyl sites for hydroxylation is 1. The van der Waals surface area contributed by atoms with Gasteiger partial charge in [0.1, 0.15) is 0 Å². The third-order valence-electron chi connectivity index (χ3n) is 1.65. The van der Waals surface area contributed by atoms with Crippen molar-refractivity contribution in [2.75, 3.05) is 6.61 Å². The highest BCUT2D eigenvalue weighted by molar-refractivity contribution is 7.11. The van der Waals surface area contributed by atoms with Crippen LogP contribution < -0.4 is 4.74 Å². The van der Waals surface area contributed by atoms with E-state index >= 15 is 0 Å². The van der Waals surface area contributed by atoms with E-state index in [4.69, 9.17) is 4.74 Å². The zero-order chi connectivity index (χ0) is 8.81. The molecule has 0 amide bonds. The van der Waals surface area contributed by atoms with E-state index < -0.39 is 0 Å². The fraction of sp³-hybridized carbons (Fsp3) is 0.667. The van der Waals surface area contributed by atoms with Crippen LogP contribution in [0.25, 0.3) is 0 Å². The van der Waals surface area contributed by atoms with Gasteiger partial charge in [-0.1, -0.05) is 24.7 Å². The van der Waals surface area contributed by atoms with Gasteiger partial charge in [-0.05, 0) is 19.8 Å². The van der Waals surface area contributed by atoms with Crippen LogP contribution in [0.1, 0.15) is 32.4 Å². The first-order valence-corrected chi connectivity index (χ1v) is 5.31. The van der Waals surface area contributed by atoms with E-state index in [1.54, 1.807) is 11.3 Å². The molecular formula is C9H15NOS. The molecule has 0 aliphatic heterocycles. The first kappa shape index (κ1) is 9.52. The van der Waals surface area contributed by atoms with Gasteiger partial charge >= 0.3 is 0 Å². The van der Waals surface area contributed by atoms with Gasteiger partial charge in [0.2, 0.25) is 0 Å². The third kappa shape index (κ3) is 2.48. The third-order valence-corrected chi connectivity index (χ3v) is 2.42. The summed E-state index contributed by atoms with van der Waals surface area (Å²) in [6.07, 6.45) is 3.46. The molecule has 0 spiro atoms. The standard InChI is InChI=1S/C9H15NOS/c1-3-5-6-8-9(11-4-2)12-7-10-8/h7H,3-6H2,1-2H3. The van der Waals surface area contributed by atoms with Gasteiger partial charge in [0.05, 0.1) is 17.8 Å². The van der Waals surface area contributed by atoms with Crippen LogP contribution in [0.2, 0.25) is 0 Å². The summed E-state index contributed by atoms with van der Waals surface area (Å²) in [6, 6.07) is 0. The van der Waals surface area contributed by atoms with Crippen LogP contribution in [0.15, 0.2) is 5.51 Å². The van der Waals surface area contributed by atoms with Crippen LogP contribution in [-0.2, 0) is 6.42 Å². The van der Waals surface area contributed by atoms with Gasteiger partial charge in [0.25, 0.3) is 0 Å². The maximum Gasteiger partial charge on any atom is 0.197 e. The second-order valence-corrected chi connectivity index (χ2v) is 3.44. The van der Waals surface area contributed by atoms with E-state index in [1.165, 1.54) is 12.8 Å². The van der Waals surface area contributed by atoms with Gasteiger partial charge in [-0.15, -0.1) is 0 Å². The molecule has 0 N–H and O–H groups in total. The zero-order valence-corrected chi connectivity index (χ0v) is 8.49. The number of thiazole rings is 1. The molecule has 1 heterocycles. The number of nitrogens with zero attached hydrogens (tertiary/aromatic N) is 1. The average molecular weight is 185 g/mol. The van der Waals surface area contributed by atoms with Gasteiger partial charge in [-0.3, -0.25) is 0 Å². The summed E-state index contributed by atoms with van der Waals surface area (Å²) in [5.74, 6) is 0. The van der Waals surface area contributed by atoms with E-state index in [1.807, 2.05) is 12.4 Å². The summed E-state index contributed by atoms with van der Waals surface area (Å²) >= 11 is 1.59. The van der Waals surface area contributed by atoms with Crippen molar-refractivity contribution >= 4 is 11.3 Å². The predicted molar refractivity (Wildman–Crippen MR) is 51.9 cm³/mol. The molecule has 0 saturated heterocycles. The van der Waals surface area contributed by atoms with E-state index in [2.05, 4.69) is 11.9 Å². The van der Waals surface area contributed by atoms with E-state index in [-0.39, 0.29) is 0 Å². The van der Waals surface area contributed by atoms with E-state index in [0.29, 0.717) is 0 Å². The maximum absolute atomic E-state index is 5.43. The minimum absolute atomic E-state index is 0.737. The van der Waals surface area contributed by atoms with Gasteiger partial charge in [-0.25, -0.2) is 4.98 Å². The molecule has 0 atom stereocenters. The molecule has 0 radical (unpaired) electrons. The lowest BCUT2D eigenvalue weighted by atomic mass is 10.2. The minimum Gasteiger partial charge on any atom is -0.483 e. The Morgan fingerprint density at radius 3 is 3.00 bits per heavy atom.